The van der Waals surface area contributed by atoms with E-state index in [1.54, 1.807) is 0 Å². The number of nitrogens with one attached hydrogen (secondary N) is 1. The second kappa shape index (κ2) is 9.58. The van der Waals surface area contributed by atoms with E-state index in [1.165, 1.54) is 12.8 Å². The fourth-order valence-corrected chi connectivity index (χ4v) is 4.48. The van der Waals surface area contributed by atoms with Crippen LogP contribution in [0, 0.1) is 25.7 Å². The van der Waals surface area contributed by atoms with Crippen molar-refractivity contribution in [3.63, 3.8) is 0 Å². The maximum Gasteiger partial charge on any atom is 0.253 e. The Morgan fingerprint density at radius 3 is 2.56 bits per heavy atom. The van der Waals surface area contributed by atoms with E-state index >= 15 is 0 Å². The van der Waals surface area contributed by atoms with Gasteiger partial charge in [0.15, 0.2) is 0 Å². The molecule has 1 aromatic heterocycles. The van der Waals surface area contributed by atoms with Gasteiger partial charge in [0.05, 0.1) is 12.1 Å². The molecule has 1 saturated heterocycles. The number of benzene rings is 2. The second-order valence-corrected chi connectivity index (χ2v) is 9.74. The molecule has 0 radical (unpaired) electrons. The lowest BCUT2D eigenvalue weighted by molar-refractivity contribution is 0.0462. The summed E-state index contributed by atoms with van der Waals surface area (Å²) in [6, 6.07) is 11.5. The van der Waals surface area contributed by atoms with Gasteiger partial charge in [0, 0.05) is 61.4 Å². The van der Waals surface area contributed by atoms with Crippen molar-refractivity contribution in [3.05, 3.63) is 64.8 Å². The predicted molar refractivity (Wildman–Crippen MR) is 131 cm³/mol. The van der Waals surface area contributed by atoms with Gasteiger partial charge in [0.1, 0.15) is 0 Å². The third-order valence-electron chi connectivity index (χ3n) is 6.82. The fourth-order valence-electron chi connectivity index (χ4n) is 4.48. The average Bonchev–Trinajstić information content (AvgIpc) is 3.53. The van der Waals surface area contributed by atoms with Crippen molar-refractivity contribution >= 4 is 22.7 Å². The smallest absolute Gasteiger partial charge is 0.253 e. The molecule has 2 heterocycles. The van der Waals surface area contributed by atoms with Crippen LogP contribution < -0.4 is 5.32 Å². The number of aryl methyl sites for hydroxylation is 2. The number of rotatable bonds is 9. The first-order valence-corrected chi connectivity index (χ1v) is 12.2. The maximum absolute atomic E-state index is 12.7. The lowest BCUT2D eigenvalue weighted by Crippen LogP contribution is -2.51. The molecular weight excluding hydrogens is 428 g/mol. The highest BCUT2D eigenvalue weighted by molar-refractivity contribution is 6.00. The molecule has 7 nitrogen and oxygen atoms in total. The standard InChI is InChI=1S/C27H32N4O3/c1-18-3-7-22(8-4-18)27(33)30-13-21(14-30)15-31-16-24-19(2)23(9-10-25(24)29-31)26(32)28-11-12-34-17-20-5-6-20/h3-4,7-10,16,20-21H,5-6,11-15,17H2,1-2H3,(H,28,32). The minimum absolute atomic E-state index is 0.0774. The number of amides is 2. The topological polar surface area (TPSA) is 76.5 Å². The zero-order valence-corrected chi connectivity index (χ0v) is 19.9. The Morgan fingerprint density at radius 2 is 1.82 bits per heavy atom. The first-order valence-electron chi connectivity index (χ1n) is 12.2. The number of carbonyl (C=O) groups is 2. The molecule has 3 aromatic rings. The first-order chi connectivity index (χ1) is 16.5. The van der Waals surface area contributed by atoms with Crippen LogP contribution >= 0.6 is 0 Å². The van der Waals surface area contributed by atoms with Gasteiger partial charge in [-0.25, -0.2) is 0 Å². The van der Waals surface area contributed by atoms with Gasteiger partial charge in [-0.2, -0.15) is 5.10 Å². The van der Waals surface area contributed by atoms with Crippen molar-refractivity contribution in [1.29, 1.82) is 0 Å². The SMILES string of the molecule is Cc1ccc(C(=O)N2CC(Cn3cc4c(C)c(C(=O)NCCOCC5CC5)ccc4n3)C2)cc1. The van der Waals surface area contributed by atoms with Gasteiger partial charge >= 0.3 is 0 Å². The summed E-state index contributed by atoms with van der Waals surface area (Å²) in [5.74, 6) is 1.12. The summed E-state index contributed by atoms with van der Waals surface area (Å²) in [5, 5.41) is 8.65. The van der Waals surface area contributed by atoms with Crippen LogP contribution in [0.1, 0.15) is 44.7 Å². The van der Waals surface area contributed by atoms with E-state index in [2.05, 4.69) is 5.32 Å². The molecule has 0 spiro atoms. The largest absolute Gasteiger partial charge is 0.379 e. The molecule has 1 N–H and O–H groups in total. The third-order valence-corrected chi connectivity index (χ3v) is 6.82. The van der Waals surface area contributed by atoms with Gasteiger partial charge in [-0.15, -0.1) is 0 Å². The predicted octanol–water partition coefficient (Wildman–Crippen LogP) is 3.58. The Bertz CT molecular complexity index is 1190. The highest BCUT2D eigenvalue weighted by Gasteiger charge is 2.31. The molecule has 1 aliphatic heterocycles. The molecule has 2 aliphatic rings. The number of carbonyl (C=O) groups excluding carboxylic acids is 2. The highest BCUT2D eigenvalue weighted by Crippen LogP contribution is 2.28. The van der Waals surface area contributed by atoms with Crippen molar-refractivity contribution in [2.45, 2.75) is 33.2 Å². The van der Waals surface area contributed by atoms with Crippen LogP contribution in [0.4, 0.5) is 0 Å². The number of ether oxygens (including phenoxy) is 1. The van der Waals surface area contributed by atoms with Crippen molar-refractivity contribution in [2.24, 2.45) is 11.8 Å². The number of likely N-dealkylation sites (tertiary alicyclic amines) is 1. The Morgan fingerprint density at radius 1 is 1.06 bits per heavy atom. The highest BCUT2D eigenvalue weighted by atomic mass is 16.5. The lowest BCUT2D eigenvalue weighted by Gasteiger charge is -2.39. The molecule has 2 fully saturated rings. The molecule has 0 unspecified atom stereocenters. The zero-order valence-electron chi connectivity index (χ0n) is 19.9. The van der Waals surface area contributed by atoms with Gasteiger partial charge in [-0.3, -0.25) is 14.3 Å². The first kappa shape index (κ1) is 22.6. The Kier molecular flexibility index (Phi) is 6.37. The van der Waals surface area contributed by atoms with E-state index in [0.717, 1.165) is 59.8 Å². The monoisotopic (exact) mass is 460 g/mol. The summed E-state index contributed by atoms with van der Waals surface area (Å²) < 4.78 is 7.55. The zero-order chi connectivity index (χ0) is 23.7. The van der Waals surface area contributed by atoms with Gasteiger partial charge in [-0.05, 0) is 62.4 Å². The van der Waals surface area contributed by atoms with Gasteiger partial charge < -0.3 is 15.0 Å². The van der Waals surface area contributed by atoms with E-state index < -0.39 is 0 Å². The number of nitrogens with zero attached hydrogens (tertiary/aromatic N) is 3. The van der Waals surface area contributed by atoms with Crippen LogP contribution in [-0.2, 0) is 11.3 Å². The van der Waals surface area contributed by atoms with Crippen LogP contribution in [-0.4, -0.2) is 59.3 Å². The number of hydrogen-bond donors (Lipinski definition) is 1. The van der Waals surface area contributed by atoms with Crippen molar-refractivity contribution in [3.8, 4) is 0 Å². The number of aromatic nitrogens is 2. The summed E-state index contributed by atoms with van der Waals surface area (Å²) in [6.07, 6.45) is 4.55. The quantitative estimate of drug-likeness (QED) is 0.495. The van der Waals surface area contributed by atoms with Crippen molar-refractivity contribution < 1.29 is 14.3 Å². The molecule has 5 rings (SSSR count). The van der Waals surface area contributed by atoms with Crippen LogP contribution in [0.15, 0.2) is 42.6 Å². The molecule has 7 heteroatoms. The lowest BCUT2D eigenvalue weighted by atomic mass is 9.98. The molecule has 2 aromatic carbocycles. The maximum atomic E-state index is 12.7. The minimum Gasteiger partial charge on any atom is -0.379 e. The Labute approximate surface area is 200 Å². The summed E-state index contributed by atoms with van der Waals surface area (Å²) >= 11 is 0. The molecule has 178 valence electrons. The average molecular weight is 461 g/mol. The number of fused-ring (bicyclic) bond motifs is 1. The summed E-state index contributed by atoms with van der Waals surface area (Å²) in [6.45, 7) is 8.08. The van der Waals surface area contributed by atoms with Gasteiger partial charge in [0.2, 0.25) is 0 Å². The fraction of sp³-hybridized carbons (Fsp3) is 0.444. The molecule has 0 atom stereocenters. The minimum atomic E-state index is -0.0774. The molecule has 0 bridgehead atoms. The van der Waals surface area contributed by atoms with Crippen LogP contribution in [0.3, 0.4) is 0 Å². The third kappa shape index (κ3) is 4.99. The van der Waals surface area contributed by atoms with Crippen molar-refractivity contribution in [2.75, 3.05) is 32.8 Å². The van der Waals surface area contributed by atoms with E-state index in [-0.39, 0.29) is 11.8 Å². The van der Waals surface area contributed by atoms with E-state index in [1.807, 2.05) is 66.0 Å². The molecular formula is C27H32N4O3. The van der Waals surface area contributed by atoms with Crippen molar-refractivity contribution in [1.82, 2.24) is 20.0 Å². The van der Waals surface area contributed by atoms with Gasteiger partial charge in [-0.1, -0.05) is 17.7 Å². The van der Waals surface area contributed by atoms with E-state index in [4.69, 9.17) is 9.84 Å². The summed E-state index contributed by atoms with van der Waals surface area (Å²) in [7, 11) is 0. The van der Waals surface area contributed by atoms with E-state index in [9.17, 15) is 9.59 Å². The summed E-state index contributed by atoms with van der Waals surface area (Å²) in [5.41, 5.74) is 4.38. The molecule has 1 saturated carbocycles. The van der Waals surface area contributed by atoms with Crippen LogP contribution in [0.5, 0.6) is 0 Å². The summed E-state index contributed by atoms with van der Waals surface area (Å²) in [4.78, 5) is 27.2. The van der Waals surface area contributed by atoms with Crippen LogP contribution in [0.2, 0.25) is 0 Å². The number of hydrogen-bond acceptors (Lipinski definition) is 4. The van der Waals surface area contributed by atoms with Crippen LogP contribution in [0.25, 0.3) is 10.9 Å². The Balaban J connectivity index is 1.15. The normalized spacial score (nSPS) is 16.0. The Hall–Kier alpha value is -3.19. The van der Waals surface area contributed by atoms with E-state index in [0.29, 0.717) is 24.6 Å². The van der Waals surface area contributed by atoms with Gasteiger partial charge in [0.25, 0.3) is 11.8 Å². The second-order valence-electron chi connectivity index (χ2n) is 9.74. The molecule has 2 amide bonds. The molecule has 1 aliphatic carbocycles. The molecule has 34 heavy (non-hydrogen) atoms.